The van der Waals surface area contributed by atoms with Gasteiger partial charge in [-0.25, -0.2) is 4.98 Å². The van der Waals surface area contributed by atoms with Gasteiger partial charge in [-0.05, 0) is 38.1 Å². The van der Waals surface area contributed by atoms with Gasteiger partial charge in [0, 0.05) is 31.1 Å². The molecule has 2 fully saturated rings. The number of piperidine rings is 1. The second-order valence-corrected chi connectivity index (χ2v) is 6.58. The van der Waals surface area contributed by atoms with Crippen LogP contribution in [0.3, 0.4) is 0 Å². The van der Waals surface area contributed by atoms with Crippen LogP contribution >= 0.6 is 11.3 Å². The molecule has 0 radical (unpaired) electrons. The molecule has 3 heterocycles. The number of rotatable bonds is 4. The minimum absolute atomic E-state index is 0.743. The number of hydrogen-bond acceptors (Lipinski definition) is 4. The first-order chi connectivity index (χ1) is 8.85. The van der Waals surface area contributed by atoms with Crippen LogP contribution in [-0.2, 0) is 13.0 Å². The highest BCUT2D eigenvalue weighted by atomic mass is 32.1. The van der Waals surface area contributed by atoms with Gasteiger partial charge in [-0.15, -0.1) is 11.3 Å². The summed E-state index contributed by atoms with van der Waals surface area (Å²) in [5.74, 6) is 0.882. The van der Waals surface area contributed by atoms with Crippen LogP contribution in [0.15, 0.2) is 5.38 Å². The fourth-order valence-electron chi connectivity index (χ4n) is 3.24. The summed E-state index contributed by atoms with van der Waals surface area (Å²) in [6.45, 7) is 6.96. The van der Waals surface area contributed by atoms with E-state index in [4.69, 9.17) is 4.98 Å². The van der Waals surface area contributed by atoms with Gasteiger partial charge >= 0.3 is 0 Å². The van der Waals surface area contributed by atoms with Crippen molar-refractivity contribution in [1.82, 2.24) is 15.2 Å². The van der Waals surface area contributed by atoms with Gasteiger partial charge in [-0.1, -0.05) is 6.92 Å². The minimum atomic E-state index is 0.743. The van der Waals surface area contributed by atoms with Crippen molar-refractivity contribution < 1.29 is 0 Å². The Balaban J connectivity index is 1.56. The number of aryl methyl sites for hydroxylation is 1. The summed E-state index contributed by atoms with van der Waals surface area (Å²) in [5, 5.41) is 7.22. The van der Waals surface area contributed by atoms with Crippen LogP contribution in [0.2, 0.25) is 0 Å². The van der Waals surface area contributed by atoms with E-state index in [-0.39, 0.29) is 0 Å². The lowest BCUT2D eigenvalue weighted by Crippen LogP contribution is -2.40. The monoisotopic (exact) mass is 265 g/mol. The molecule has 4 heteroatoms. The van der Waals surface area contributed by atoms with Gasteiger partial charge < -0.3 is 5.32 Å². The number of aromatic nitrogens is 1. The molecule has 0 aliphatic carbocycles. The predicted molar refractivity (Wildman–Crippen MR) is 75.9 cm³/mol. The van der Waals surface area contributed by atoms with E-state index in [0.717, 1.165) is 24.9 Å². The first-order valence-corrected chi connectivity index (χ1v) is 8.12. The first-order valence-electron chi connectivity index (χ1n) is 7.24. The average molecular weight is 265 g/mol. The highest BCUT2D eigenvalue weighted by molar-refractivity contribution is 7.09. The van der Waals surface area contributed by atoms with Crippen molar-refractivity contribution >= 4 is 11.3 Å². The van der Waals surface area contributed by atoms with Gasteiger partial charge in [0.2, 0.25) is 0 Å². The van der Waals surface area contributed by atoms with Crippen molar-refractivity contribution in [1.29, 1.82) is 0 Å². The molecule has 3 rings (SSSR count). The maximum absolute atomic E-state index is 4.74. The first kappa shape index (κ1) is 12.6. The van der Waals surface area contributed by atoms with Crippen LogP contribution in [0.5, 0.6) is 0 Å². The lowest BCUT2D eigenvalue weighted by molar-refractivity contribution is 0.309. The molecule has 1 aromatic rings. The third-order valence-corrected chi connectivity index (χ3v) is 5.08. The molecule has 0 amide bonds. The Bertz CT molecular complexity index is 376. The third kappa shape index (κ3) is 2.76. The molecule has 2 atom stereocenters. The Kier molecular flexibility index (Phi) is 3.97. The molecule has 3 nitrogen and oxygen atoms in total. The molecule has 2 aliphatic rings. The molecule has 2 aliphatic heterocycles. The quantitative estimate of drug-likeness (QED) is 0.905. The smallest absolute Gasteiger partial charge is 0.0928 e. The number of fused-ring (bicyclic) bond motifs is 1. The van der Waals surface area contributed by atoms with Gasteiger partial charge in [-0.3, -0.25) is 4.90 Å². The molecule has 0 spiro atoms. The summed E-state index contributed by atoms with van der Waals surface area (Å²) in [5.41, 5.74) is 1.28. The zero-order chi connectivity index (χ0) is 12.4. The van der Waals surface area contributed by atoms with Crippen LogP contribution < -0.4 is 5.32 Å². The molecule has 18 heavy (non-hydrogen) atoms. The summed E-state index contributed by atoms with van der Waals surface area (Å²) in [4.78, 5) is 7.32. The van der Waals surface area contributed by atoms with Gasteiger partial charge in [-0.2, -0.15) is 0 Å². The van der Waals surface area contributed by atoms with Crippen LogP contribution in [0, 0.1) is 5.92 Å². The van der Waals surface area contributed by atoms with Gasteiger partial charge in [0.25, 0.3) is 0 Å². The summed E-state index contributed by atoms with van der Waals surface area (Å²) < 4.78 is 0. The molecule has 100 valence electrons. The van der Waals surface area contributed by atoms with E-state index in [1.54, 1.807) is 0 Å². The zero-order valence-corrected chi connectivity index (χ0v) is 12.0. The third-order valence-electron chi connectivity index (χ3n) is 4.12. The van der Waals surface area contributed by atoms with Crippen LogP contribution in [-0.4, -0.2) is 35.6 Å². The molecule has 0 bridgehead atoms. The molecular formula is C14H23N3S. The average Bonchev–Trinajstić information content (AvgIpc) is 2.96. The van der Waals surface area contributed by atoms with Gasteiger partial charge in [0.1, 0.15) is 0 Å². The number of nitrogens with one attached hydrogen (secondary N) is 1. The fourth-order valence-corrected chi connectivity index (χ4v) is 4.14. The largest absolute Gasteiger partial charge is 0.312 e. The van der Waals surface area contributed by atoms with E-state index < -0.39 is 0 Å². The molecule has 1 aromatic heterocycles. The SMILES string of the molecule is CCCc1nc(CN2CC3CCCNC3C2)cs1. The second-order valence-electron chi connectivity index (χ2n) is 5.64. The van der Waals surface area contributed by atoms with E-state index in [2.05, 4.69) is 22.5 Å². The van der Waals surface area contributed by atoms with Crippen molar-refractivity contribution in [2.75, 3.05) is 19.6 Å². The summed E-state index contributed by atoms with van der Waals surface area (Å²) in [6.07, 6.45) is 5.10. The summed E-state index contributed by atoms with van der Waals surface area (Å²) in [7, 11) is 0. The molecule has 2 saturated heterocycles. The van der Waals surface area contributed by atoms with E-state index in [0.29, 0.717) is 0 Å². The lowest BCUT2D eigenvalue weighted by Gasteiger charge is -2.24. The molecule has 1 N–H and O–H groups in total. The molecule has 2 unspecified atom stereocenters. The number of thiazole rings is 1. The van der Waals surface area contributed by atoms with E-state index in [9.17, 15) is 0 Å². The van der Waals surface area contributed by atoms with Crippen molar-refractivity contribution in [3.8, 4) is 0 Å². The molecular weight excluding hydrogens is 242 g/mol. The Morgan fingerprint density at radius 2 is 2.44 bits per heavy atom. The van der Waals surface area contributed by atoms with Crippen LogP contribution in [0.1, 0.15) is 36.9 Å². The highest BCUT2D eigenvalue weighted by Gasteiger charge is 2.34. The fraction of sp³-hybridized carbons (Fsp3) is 0.786. The lowest BCUT2D eigenvalue weighted by atomic mass is 9.94. The Hall–Kier alpha value is -0.450. The minimum Gasteiger partial charge on any atom is -0.312 e. The van der Waals surface area contributed by atoms with Crippen molar-refractivity contribution in [3.05, 3.63) is 16.1 Å². The number of nitrogens with zero attached hydrogens (tertiary/aromatic N) is 2. The standard InChI is InChI=1S/C14H23N3S/c1-2-4-14-16-12(10-18-14)8-17-7-11-5-3-6-15-13(11)9-17/h10-11,13,15H,2-9H2,1H3. The topological polar surface area (TPSA) is 28.2 Å². The summed E-state index contributed by atoms with van der Waals surface area (Å²) in [6, 6.07) is 0.743. The van der Waals surface area contributed by atoms with Crippen molar-refractivity contribution in [3.63, 3.8) is 0 Å². The van der Waals surface area contributed by atoms with Crippen LogP contribution in [0.25, 0.3) is 0 Å². The van der Waals surface area contributed by atoms with E-state index in [1.165, 1.54) is 49.6 Å². The molecule has 0 saturated carbocycles. The number of hydrogen-bond donors (Lipinski definition) is 1. The second kappa shape index (κ2) is 5.68. The maximum atomic E-state index is 4.74. The van der Waals surface area contributed by atoms with Gasteiger partial charge in [0.05, 0.1) is 10.7 Å². The van der Waals surface area contributed by atoms with E-state index >= 15 is 0 Å². The van der Waals surface area contributed by atoms with Crippen molar-refractivity contribution in [2.24, 2.45) is 5.92 Å². The molecule has 0 aromatic carbocycles. The summed E-state index contributed by atoms with van der Waals surface area (Å²) >= 11 is 1.83. The van der Waals surface area contributed by atoms with Gasteiger partial charge in [0.15, 0.2) is 0 Å². The Morgan fingerprint density at radius 3 is 3.28 bits per heavy atom. The normalized spacial score (nSPS) is 28.5. The highest BCUT2D eigenvalue weighted by Crippen LogP contribution is 2.26. The predicted octanol–water partition coefficient (Wildman–Crippen LogP) is 2.28. The zero-order valence-electron chi connectivity index (χ0n) is 11.2. The maximum Gasteiger partial charge on any atom is 0.0928 e. The van der Waals surface area contributed by atoms with Crippen molar-refractivity contribution in [2.45, 2.75) is 45.2 Å². The van der Waals surface area contributed by atoms with E-state index in [1.807, 2.05) is 11.3 Å². The van der Waals surface area contributed by atoms with Crippen LogP contribution in [0.4, 0.5) is 0 Å². The Labute approximate surface area is 114 Å². The number of likely N-dealkylation sites (tertiary alicyclic amines) is 1. The Morgan fingerprint density at radius 1 is 1.50 bits per heavy atom.